The van der Waals surface area contributed by atoms with Crippen LogP contribution in [0.15, 0.2) is 103 Å². The number of halogens is 1. The Morgan fingerprint density at radius 2 is 1.64 bits per heavy atom. The third-order valence-corrected chi connectivity index (χ3v) is 8.12. The normalized spacial score (nSPS) is 14.4. The second-order valence-corrected chi connectivity index (χ2v) is 11.3. The number of carbonyl (C=O) groups is 2. The summed E-state index contributed by atoms with van der Waals surface area (Å²) in [4.78, 5) is 32.1. The molecule has 1 atom stereocenters. The van der Waals surface area contributed by atoms with Crippen molar-refractivity contribution >= 4 is 34.1 Å². The highest BCUT2D eigenvalue weighted by Gasteiger charge is 2.39. The molecule has 0 saturated heterocycles. The molecule has 1 N–H and O–H groups in total. The van der Waals surface area contributed by atoms with Gasteiger partial charge in [0.2, 0.25) is 11.8 Å². The number of rotatable bonds is 7. The Kier molecular flexibility index (Phi) is 7.17. The Labute approximate surface area is 258 Å². The second kappa shape index (κ2) is 11.5. The summed E-state index contributed by atoms with van der Waals surface area (Å²) >= 11 is 0. The van der Waals surface area contributed by atoms with E-state index in [1.807, 2.05) is 97.3 Å². The summed E-state index contributed by atoms with van der Waals surface area (Å²) in [6, 6.07) is 30.5. The molecule has 45 heavy (non-hydrogen) atoms. The molecule has 4 aromatic carbocycles. The van der Waals surface area contributed by atoms with Crippen molar-refractivity contribution in [1.82, 2.24) is 25.0 Å². The summed E-state index contributed by atoms with van der Waals surface area (Å²) in [6.45, 7) is 3.69. The monoisotopic (exact) mass is 599 g/mol. The van der Waals surface area contributed by atoms with E-state index in [4.69, 9.17) is 0 Å². The van der Waals surface area contributed by atoms with Crippen molar-refractivity contribution in [2.45, 2.75) is 32.2 Å². The molecule has 3 heterocycles. The number of nitrogens with zero attached hydrogens (tertiary/aromatic N) is 6. The summed E-state index contributed by atoms with van der Waals surface area (Å²) in [6.07, 6.45) is 0.204. The lowest BCUT2D eigenvalue weighted by Crippen LogP contribution is -2.47. The number of carbonyl (C=O) groups excluding carboxylic acids is 2. The molecule has 0 spiro atoms. The van der Waals surface area contributed by atoms with Crippen LogP contribution in [0.2, 0.25) is 0 Å². The van der Waals surface area contributed by atoms with Gasteiger partial charge in [0.1, 0.15) is 18.3 Å². The topological polar surface area (TPSA) is 100 Å². The van der Waals surface area contributed by atoms with E-state index in [-0.39, 0.29) is 30.8 Å². The molecule has 1 aliphatic heterocycles. The van der Waals surface area contributed by atoms with Crippen LogP contribution in [0.3, 0.4) is 0 Å². The zero-order chi connectivity index (χ0) is 31.1. The maximum Gasteiger partial charge on any atom is 0.247 e. The molecular formula is C35H30FN7O2. The maximum absolute atomic E-state index is 14.8. The molecule has 6 aromatic rings. The largest absolute Gasteiger partial charge is 0.308 e. The van der Waals surface area contributed by atoms with Crippen LogP contribution in [0.25, 0.3) is 28.0 Å². The number of aromatic nitrogens is 5. The van der Waals surface area contributed by atoms with Gasteiger partial charge in [-0.1, -0.05) is 60.7 Å². The van der Waals surface area contributed by atoms with Gasteiger partial charge in [-0.25, -0.2) is 4.39 Å². The van der Waals surface area contributed by atoms with Gasteiger partial charge in [0, 0.05) is 29.1 Å². The van der Waals surface area contributed by atoms with E-state index in [0.717, 1.165) is 16.6 Å². The third kappa shape index (κ3) is 5.04. The molecule has 0 fully saturated rings. The molecule has 10 heteroatoms. The summed E-state index contributed by atoms with van der Waals surface area (Å²) in [5, 5.41) is 17.5. The second-order valence-electron chi connectivity index (χ2n) is 11.3. The molecule has 9 nitrogen and oxygen atoms in total. The first kappa shape index (κ1) is 28.1. The summed E-state index contributed by atoms with van der Waals surface area (Å²) in [7, 11) is 0. The lowest BCUT2D eigenvalue weighted by atomic mass is 9.98. The fraction of sp³-hybridized carbons (Fsp3) is 0.171. The number of para-hydroxylation sites is 4. The van der Waals surface area contributed by atoms with Crippen molar-refractivity contribution in [2.24, 2.45) is 0 Å². The van der Waals surface area contributed by atoms with E-state index in [2.05, 4.69) is 20.4 Å². The van der Waals surface area contributed by atoms with E-state index in [0.29, 0.717) is 34.3 Å². The van der Waals surface area contributed by atoms with Crippen LogP contribution < -0.4 is 9.80 Å². The molecule has 0 radical (unpaired) electrons. The Balaban J connectivity index is 1.39. The number of nitrogens with one attached hydrogen (secondary N) is 1. The SMILES string of the molecule is CC(C)N(C(=O)CN1C(=O)C(Cc2n[nH]c3ccccc23)c2nnc(-c3cccc(F)c3)n2-c2ccccc21)c1ccccc1. The van der Waals surface area contributed by atoms with Crippen LogP contribution in [-0.4, -0.2) is 49.4 Å². The van der Waals surface area contributed by atoms with E-state index in [1.165, 1.54) is 12.1 Å². The average molecular weight is 600 g/mol. The predicted molar refractivity (Wildman–Crippen MR) is 171 cm³/mol. The van der Waals surface area contributed by atoms with Gasteiger partial charge in [0.15, 0.2) is 11.6 Å². The lowest BCUT2D eigenvalue weighted by molar-refractivity contribution is -0.123. The maximum atomic E-state index is 14.8. The fourth-order valence-electron chi connectivity index (χ4n) is 6.11. The molecule has 0 aliphatic carbocycles. The first-order valence-electron chi connectivity index (χ1n) is 14.8. The zero-order valence-corrected chi connectivity index (χ0v) is 24.8. The van der Waals surface area contributed by atoms with Crippen molar-refractivity contribution < 1.29 is 14.0 Å². The van der Waals surface area contributed by atoms with Crippen LogP contribution in [0.1, 0.15) is 31.3 Å². The van der Waals surface area contributed by atoms with Gasteiger partial charge in [-0.2, -0.15) is 5.10 Å². The number of anilines is 2. The molecular weight excluding hydrogens is 569 g/mol. The number of fused-ring (bicyclic) bond motifs is 4. The molecule has 0 bridgehead atoms. The van der Waals surface area contributed by atoms with Gasteiger partial charge in [0.25, 0.3) is 0 Å². The molecule has 1 aliphatic rings. The van der Waals surface area contributed by atoms with Gasteiger partial charge in [-0.15, -0.1) is 10.2 Å². The van der Waals surface area contributed by atoms with Crippen LogP contribution in [-0.2, 0) is 16.0 Å². The lowest BCUT2D eigenvalue weighted by Gasteiger charge is -2.31. The molecule has 0 saturated carbocycles. The van der Waals surface area contributed by atoms with Gasteiger partial charge in [-0.05, 0) is 56.3 Å². The van der Waals surface area contributed by atoms with E-state index >= 15 is 0 Å². The van der Waals surface area contributed by atoms with E-state index in [1.54, 1.807) is 21.9 Å². The Morgan fingerprint density at radius 1 is 0.911 bits per heavy atom. The third-order valence-electron chi connectivity index (χ3n) is 8.12. The Bertz CT molecular complexity index is 2030. The minimum Gasteiger partial charge on any atom is -0.308 e. The predicted octanol–water partition coefficient (Wildman–Crippen LogP) is 6.06. The van der Waals surface area contributed by atoms with Gasteiger partial charge >= 0.3 is 0 Å². The number of aromatic amines is 1. The number of amides is 2. The Hall–Kier alpha value is -5.64. The van der Waals surface area contributed by atoms with Crippen LogP contribution in [0, 0.1) is 5.82 Å². The van der Waals surface area contributed by atoms with Gasteiger partial charge < -0.3 is 9.80 Å². The van der Waals surface area contributed by atoms with Gasteiger partial charge in [-0.3, -0.25) is 19.3 Å². The summed E-state index contributed by atoms with van der Waals surface area (Å²) in [5.41, 5.74) is 3.94. The summed E-state index contributed by atoms with van der Waals surface area (Å²) in [5.74, 6) is -1.02. The highest BCUT2D eigenvalue weighted by Crippen LogP contribution is 2.39. The Morgan fingerprint density at radius 3 is 2.42 bits per heavy atom. The highest BCUT2D eigenvalue weighted by molar-refractivity contribution is 6.07. The fourth-order valence-corrected chi connectivity index (χ4v) is 6.11. The van der Waals surface area contributed by atoms with Crippen molar-refractivity contribution in [3.8, 4) is 17.1 Å². The van der Waals surface area contributed by atoms with Crippen LogP contribution >= 0.6 is 0 Å². The van der Waals surface area contributed by atoms with Crippen LogP contribution in [0.4, 0.5) is 15.8 Å². The van der Waals surface area contributed by atoms with Gasteiger partial charge in [0.05, 0.1) is 22.6 Å². The average Bonchev–Trinajstić information content (AvgIpc) is 3.65. The van der Waals surface area contributed by atoms with Crippen molar-refractivity contribution in [2.75, 3.05) is 16.3 Å². The first-order valence-corrected chi connectivity index (χ1v) is 14.8. The van der Waals surface area contributed by atoms with Crippen LogP contribution in [0.5, 0.6) is 0 Å². The molecule has 1 unspecified atom stereocenters. The molecule has 2 aromatic heterocycles. The van der Waals surface area contributed by atoms with E-state index < -0.39 is 11.7 Å². The van der Waals surface area contributed by atoms with E-state index in [9.17, 15) is 14.0 Å². The number of H-pyrrole nitrogens is 1. The minimum absolute atomic E-state index is 0.150. The highest BCUT2D eigenvalue weighted by atomic mass is 19.1. The van der Waals surface area contributed by atoms with Crippen molar-refractivity contribution in [1.29, 1.82) is 0 Å². The first-order chi connectivity index (χ1) is 21.9. The smallest absolute Gasteiger partial charge is 0.247 e. The standard InChI is InChI=1S/C35H30FN7O2/c1-22(2)42(25-13-4-3-5-14-25)32(44)21-41-30-17-8-9-18-31(30)43-33(23-11-10-12-24(36)19-23)39-40-34(43)27(35(41)45)20-29-26-15-6-7-16-28(26)37-38-29/h3-19,22,27H,20-21H2,1-2H3,(H,37,38). The van der Waals surface area contributed by atoms with Crippen molar-refractivity contribution in [3.05, 3.63) is 120 Å². The molecule has 7 rings (SSSR count). The molecule has 224 valence electrons. The minimum atomic E-state index is -0.851. The number of hydrogen-bond acceptors (Lipinski definition) is 5. The van der Waals surface area contributed by atoms with Crippen molar-refractivity contribution in [3.63, 3.8) is 0 Å². The summed E-state index contributed by atoms with van der Waals surface area (Å²) < 4.78 is 16.2. The zero-order valence-electron chi connectivity index (χ0n) is 24.8. The molecule has 2 amide bonds. The number of benzene rings is 4. The number of hydrogen-bond donors (Lipinski definition) is 1. The quantitative estimate of drug-likeness (QED) is 0.240.